The number of aromatic nitrogens is 1. The Labute approximate surface area is 115 Å². The SMILES string of the molecule is CN(Cc1cscn1)c1ccc2c(c1)NC(=O)C2N. The smallest absolute Gasteiger partial charge is 0.245 e. The Hall–Kier alpha value is -1.92. The maximum atomic E-state index is 11.5. The second-order valence-corrected chi connectivity index (χ2v) is 5.29. The number of fused-ring (bicyclic) bond motifs is 1. The van der Waals surface area contributed by atoms with Crippen LogP contribution in [0.4, 0.5) is 11.4 Å². The third kappa shape index (κ3) is 2.20. The molecule has 0 bridgehead atoms. The summed E-state index contributed by atoms with van der Waals surface area (Å²) in [6, 6.07) is 5.29. The summed E-state index contributed by atoms with van der Waals surface area (Å²) >= 11 is 1.59. The fraction of sp³-hybridized carbons (Fsp3) is 0.231. The molecular weight excluding hydrogens is 260 g/mol. The van der Waals surface area contributed by atoms with Gasteiger partial charge in [-0.25, -0.2) is 4.98 Å². The molecule has 5 nitrogen and oxygen atoms in total. The van der Waals surface area contributed by atoms with E-state index < -0.39 is 6.04 Å². The molecule has 1 aromatic carbocycles. The highest BCUT2D eigenvalue weighted by Gasteiger charge is 2.27. The van der Waals surface area contributed by atoms with Crippen molar-refractivity contribution in [3.05, 3.63) is 40.3 Å². The van der Waals surface area contributed by atoms with Gasteiger partial charge in [-0.1, -0.05) is 6.07 Å². The third-order valence-electron chi connectivity index (χ3n) is 3.24. The molecule has 1 aliphatic rings. The van der Waals surface area contributed by atoms with Gasteiger partial charge in [0.1, 0.15) is 6.04 Å². The zero-order chi connectivity index (χ0) is 13.4. The molecule has 1 unspecified atom stereocenters. The average Bonchev–Trinajstić information content (AvgIpc) is 2.99. The lowest BCUT2D eigenvalue weighted by molar-refractivity contribution is -0.116. The monoisotopic (exact) mass is 274 g/mol. The molecule has 1 aliphatic heterocycles. The Kier molecular flexibility index (Phi) is 2.96. The van der Waals surface area contributed by atoms with Crippen LogP contribution in [0.15, 0.2) is 29.1 Å². The number of nitrogens with one attached hydrogen (secondary N) is 1. The van der Waals surface area contributed by atoms with Crippen LogP contribution in [0.1, 0.15) is 17.3 Å². The zero-order valence-corrected chi connectivity index (χ0v) is 11.3. The van der Waals surface area contributed by atoms with E-state index in [2.05, 4.69) is 15.2 Å². The van der Waals surface area contributed by atoms with E-state index in [1.807, 2.05) is 36.1 Å². The van der Waals surface area contributed by atoms with Crippen LogP contribution >= 0.6 is 11.3 Å². The number of carbonyl (C=O) groups is 1. The van der Waals surface area contributed by atoms with Gasteiger partial charge in [0.25, 0.3) is 0 Å². The number of amides is 1. The summed E-state index contributed by atoms with van der Waals surface area (Å²) in [4.78, 5) is 17.9. The lowest BCUT2D eigenvalue weighted by atomic mass is 10.1. The van der Waals surface area contributed by atoms with Crippen LogP contribution in [0.2, 0.25) is 0 Å². The Morgan fingerprint density at radius 3 is 3.11 bits per heavy atom. The summed E-state index contributed by atoms with van der Waals surface area (Å²) in [5.74, 6) is -0.144. The van der Waals surface area contributed by atoms with E-state index in [0.717, 1.165) is 29.2 Å². The molecule has 0 spiro atoms. The molecule has 3 N–H and O–H groups in total. The van der Waals surface area contributed by atoms with Crippen molar-refractivity contribution in [2.45, 2.75) is 12.6 Å². The molecule has 1 aromatic heterocycles. The second-order valence-electron chi connectivity index (χ2n) is 4.57. The fourth-order valence-corrected chi connectivity index (χ4v) is 2.71. The number of nitrogens with two attached hydrogens (primary N) is 1. The highest BCUT2D eigenvalue weighted by molar-refractivity contribution is 7.07. The molecule has 0 saturated heterocycles. The van der Waals surface area contributed by atoms with Crippen molar-refractivity contribution in [3.8, 4) is 0 Å². The topological polar surface area (TPSA) is 71.2 Å². The van der Waals surface area contributed by atoms with E-state index >= 15 is 0 Å². The Morgan fingerprint density at radius 2 is 2.37 bits per heavy atom. The molecule has 98 valence electrons. The van der Waals surface area contributed by atoms with E-state index in [-0.39, 0.29) is 5.91 Å². The minimum Gasteiger partial charge on any atom is -0.369 e. The highest BCUT2D eigenvalue weighted by atomic mass is 32.1. The van der Waals surface area contributed by atoms with Gasteiger partial charge < -0.3 is 16.0 Å². The van der Waals surface area contributed by atoms with Crippen molar-refractivity contribution in [2.75, 3.05) is 17.3 Å². The number of carbonyl (C=O) groups excluding carboxylic acids is 1. The van der Waals surface area contributed by atoms with Crippen LogP contribution in [0.3, 0.4) is 0 Å². The van der Waals surface area contributed by atoms with Gasteiger partial charge in [0.05, 0.1) is 17.7 Å². The maximum Gasteiger partial charge on any atom is 0.245 e. The van der Waals surface area contributed by atoms with Gasteiger partial charge >= 0.3 is 0 Å². The van der Waals surface area contributed by atoms with E-state index in [9.17, 15) is 4.79 Å². The molecule has 6 heteroatoms. The molecule has 0 fully saturated rings. The number of rotatable bonds is 3. The molecular formula is C13H14N4OS. The summed E-state index contributed by atoms with van der Waals surface area (Å²) < 4.78 is 0. The molecule has 2 aromatic rings. The third-order valence-corrected chi connectivity index (χ3v) is 3.87. The standard InChI is InChI=1S/C13H14N4OS/c1-17(5-8-6-19-7-15-8)9-2-3-10-11(4-9)16-13(18)12(10)14/h2-4,6-7,12H,5,14H2,1H3,(H,16,18). The van der Waals surface area contributed by atoms with Crippen molar-refractivity contribution in [3.63, 3.8) is 0 Å². The van der Waals surface area contributed by atoms with Gasteiger partial charge in [-0.2, -0.15) is 0 Å². The number of hydrogen-bond donors (Lipinski definition) is 2. The van der Waals surface area contributed by atoms with Crippen molar-refractivity contribution in [2.24, 2.45) is 5.73 Å². The lowest BCUT2D eigenvalue weighted by Crippen LogP contribution is -2.19. The predicted molar refractivity (Wildman–Crippen MR) is 76.2 cm³/mol. The number of hydrogen-bond acceptors (Lipinski definition) is 5. The molecule has 1 atom stereocenters. The predicted octanol–water partition coefficient (Wildman–Crippen LogP) is 1.73. The molecule has 0 saturated carbocycles. The minimum absolute atomic E-state index is 0.144. The van der Waals surface area contributed by atoms with Crippen molar-refractivity contribution < 1.29 is 4.79 Å². The van der Waals surface area contributed by atoms with Crippen molar-refractivity contribution >= 4 is 28.6 Å². The van der Waals surface area contributed by atoms with Gasteiger partial charge in [-0.15, -0.1) is 11.3 Å². The molecule has 0 aliphatic carbocycles. The lowest BCUT2D eigenvalue weighted by Gasteiger charge is -2.19. The largest absolute Gasteiger partial charge is 0.369 e. The molecule has 2 heterocycles. The van der Waals surface area contributed by atoms with E-state index in [0.29, 0.717) is 0 Å². The van der Waals surface area contributed by atoms with Crippen LogP contribution < -0.4 is 16.0 Å². The number of benzene rings is 1. The van der Waals surface area contributed by atoms with Crippen LogP contribution in [0.25, 0.3) is 0 Å². The Balaban J connectivity index is 1.83. The Bertz CT molecular complexity index is 611. The van der Waals surface area contributed by atoms with Crippen molar-refractivity contribution in [1.82, 2.24) is 4.98 Å². The molecule has 1 amide bonds. The number of thiazole rings is 1. The van der Waals surface area contributed by atoms with Crippen LogP contribution in [0, 0.1) is 0 Å². The normalized spacial score (nSPS) is 17.2. The van der Waals surface area contributed by atoms with Crippen LogP contribution in [-0.2, 0) is 11.3 Å². The fourth-order valence-electron chi connectivity index (χ4n) is 2.16. The van der Waals surface area contributed by atoms with Crippen molar-refractivity contribution in [1.29, 1.82) is 0 Å². The summed E-state index contributed by atoms with van der Waals surface area (Å²) in [6.07, 6.45) is 0. The highest BCUT2D eigenvalue weighted by Crippen LogP contribution is 2.32. The van der Waals surface area contributed by atoms with E-state index in [1.54, 1.807) is 11.3 Å². The molecule has 3 rings (SSSR count). The first-order valence-electron chi connectivity index (χ1n) is 5.94. The first-order chi connectivity index (χ1) is 9.15. The first kappa shape index (κ1) is 12.1. The quantitative estimate of drug-likeness (QED) is 0.894. The average molecular weight is 274 g/mol. The second kappa shape index (κ2) is 4.64. The molecule has 0 radical (unpaired) electrons. The Morgan fingerprint density at radius 1 is 1.53 bits per heavy atom. The summed E-state index contributed by atoms with van der Waals surface area (Å²) in [6.45, 7) is 0.738. The van der Waals surface area contributed by atoms with Crippen LogP contribution in [0.5, 0.6) is 0 Å². The van der Waals surface area contributed by atoms with Gasteiger partial charge in [0.15, 0.2) is 0 Å². The summed E-state index contributed by atoms with van der Waals surface area (Å²) in [5, 5.41) is 4.83. The van der Waals surface area contributed by atoms with Gasteiger partial charge in [0.2, 0.25) is 5.91 Å². The summed E-state index contributed by atoms with van der Waals surface area (Å²) in [5.41, 5.74) is 11.3. The van der Waals surface area contributed by atoms with Crippen LogP contribution in [-0.4, -0.2) is 17.9 Å². The number of nitrogens with zero attached hydrogens (tertiary/aromatic N) is 2. The first-order valence-corrected chi connectivity index (χ1v) is 6.88. The maximum absolute atomic E-state index is 11.5. The van der Waals surface area contributed by atoms with Gasteiger partial charge in [-0.3, -0.25) is 4.79 Å². The van der Waals surface area contributed by atoms with Gasteiger partial charge in [-0.05, 0) is 12.1 Å². The van der Waals surface area contributed by atoms with Gasteiger partial charge in [0, 0.05) is 29.4 Å². The molecule has 19 heavy (non-hydrogen) atoms. The summed E-state index contributed by atoms with van der Waals surface area (Å²) in [7, 11) is 2.00. The van der Waals surface area contributed by atoms with E-state index in [4.69, 9.17) is 5.73 Å². The number of anilines is 2. The minimum atomic E-state index is -0.548. The van der Waals surface area contributed by atoms with E-state index in [1.165, 1.54) is 0 Å². The zero-order valence-electron chi connectivity index (χ0n) is 10.5.